The molecule has 3 saturated carbocycles. The normalized spacial score (nSPS) is 37.2. The number of aliphatic carboxylic acids is 1. The van der Waals surface area contributed by atoms with Gasteiger partial charge in [0.25, 0.3) is 0 Å². The quantitative estimate of drug-likeness (QED) is 0.149. The van der Waals surface area contributed by atoms with Gasteiger partial charge in [-0.05, 0) is 121 Å². The highest BCUT2D eigenvalue weighted by Crippen LogP contribution is 2.75. The number of hydrogen-bond acceptors (Lipinski definition) is 4. The molecule has 0 spiro atoms. The van der Waals surface area contributed by atoms with E-state index in [1.54, 1.807) is 18.2 Å². The van der Waals surface area contributed by atoms with E-state index < -0.39 is 17.4 Å². The molecular weight excluding hydrogens is 566 g/mol. The fraction of sp³-hybridized carbons (Fsp3) is 0.526. The van der Waals surface area contributed by atoms with Crippen LogP contribution >= 0.6 is 0 Å². The van der Waals surface area contributed by atoms with Crippen molar-refractivity contribution in [1.82, 2.24) is 4.98 Å². The molecule has 3 aromatic rings. The number of aromatic amines is 1. The van der Waals surface area contributed by atoms with E-state index in [4.69, 9.17) is 0 Å². The minimum absolute atomic E-state index is 0.0861. The van der Waals surface area contributed by atoms with Crippen LogP contribution in [-0.4, -0.2) is 37.3 Å². The van der Waals surface area contributed by atoms with Crippen molar-refractivity contribution in [3.05, 3.63) is 69.9 Å². The van der Waals surface area contributed by atoms with Crippen LogP contribution in [0.3, 0.4) is 0 Å². The van der Waals surface area contributed by atoms with Crippen LogP contribution in [0, 0.1) is 34.5 Å². The van der Waals surface area contributed by atoms with Crippen molar-refractivity contribution in [2.75, 3.05) is 0 Å². The first kappa shape index (κ1) is 29.9. The van der Waals surface area contributed by atoms with E-state index in [1.807, 2.05) is 26.1 Å². The number of benzene rings is 2. The number of allylic oxidation sites excluding steroid dienone is 2. The Morgan fingerprint density at radius 2 is 1.62 bits per heavy atom. The number of rotatable bonds is 3. The van der Waals surface area contributed by atoms with Gasteiger partial charge < -0.3 is 25.4 Å². The molecule has 7 rings (SSSR count). The Balaban J connectivity index is 1.45. The first-order valence-electron chi connectivity index (χ1n) is 16.4. The highest BCUT2D eigenvalue weighted by Gasteiger charge is 2.67. The van der Waals surface area contributed by atoms with Gasteiger partial charge >= 0.3 is 11.9 Å². The Morgan fingerprint density at radius 1 is 0.911 bits per heavy atom. The minimum atomic E-state index is -0.981. The van der Waals surface area contributed by atoms with Crippen LogP contribution in [0.5, 0.6) is 11.5 Å². The molecule has 5 N–H and O–H groups in total. The lowest BCUT2D eigenvalue weighted by atomic mass is 9.34. The summed E-state index contributed by atoms with van der Waals surface area (Å²) in [6.07, 6.45) is 10.5. The molecule has 4 aliphatic rings. The van der Waals surface area contributed by atoms with Gasteiger partial charge in [0.1, 0.15) is 0 Å². The molecule has 1 aromatic heterocycles. The van der Waals surface area contributed by atoms with Crippen molar-refractivity contribution >= 4 is 22.8 Å². The van der Waals surface area contributed by atoms with Crippen LogP contribution < -0.4 is 0 Å². The zero-order valence-corrected chi connectivity index (χ0v) is 27.2. The summed E-state index contributed by atoms with van der Waals surface area (Å²) in [6.45, 7) is 13.3. The summed E-state index contributed by atoms with van der Waals surface area (Å²) >= 11 is 0. The number of nitrogens with one attached hydrogen (secondary N) is 1. The molecule has 4 aliphatic carbocycles. The Bertz CT molecular complexity index is 1840. The van der Waals surface area contributed by atoms with Gasteiger partial charge in [-0.2, -0.15) is 0 Å². The van der Waals surface area contributed by atoms with Crippen molar-refractivity contribution in [3.63, 3.8) is 0 Å². The fourth-order valence-corrected chi connectivity index (χ4v) is 10.7. The second kappa shape index (κ2) is 9.17. The lowest BCUT2D eigenvalue weighted by molar-refractivity contribution is -0.177. The average Bonchev–Trinajstić information content (AvgIpc) is 3.41. The number of aromatic carboxylic acids is 1. The van der Waals surface area contributed by atoms with E-state index in [2.05, 4.69) is 38.8 Å². The van der Waals surface area contributed by atoms with Gasteiger partial charge in [-0.15, -0.1) is 0 Å². The first-order chi connectivity index (χ1) is 21.0. The van der Waals surface area contributed by atoms with E-state index in [1.165, 1.54) is 5.57 Å². The minimum Gasteiger partial charge on any atom is -0.504 e. The molecule has 3 fully saturated rings. The van der Waals surface area contributed by atoms with E-state index in [9.17, 15) is 30.0 Å². The van der Waals surface area contributed by atoms with E-state index >= 15 is 0 Å². The molecule has 2 aromatic carbocycles. The molecule has 0 radical (unpaired) electrons. The SMILES string of the molecule is Cc1c(O)c(O)cc2c1C(c1c[nH]c3cc(C(=O)O)ccc13)C=C1[C@@]2(C)CC[C@@]2(C)[C@@H]3C[C@](C)(C(=O)O)CC[C@]3(C)CC[C@]12C. The molecule has 1 heterocycles. The van der Waals surface area contributed by atoms with Gasteiger partial charge in [0.15, 0.2) is 11.5 Å². The zero-order valence-electron chi connectivity index (χ0n) is 27.2. The molecule has 1 unspecified atom stereocenters. The molecule has 0 saturated heterocycles. The van der Waals surface area contributed by atoms with Crippen molar-refractivity contribution in [2.24, 2.45) is 27.6 Å². The predicted molar refractivity (Wildman–Crippen MR) is 173 cm³/mol. The lowest BCUT2D eigenvalue weighted by Crippen LogP contribution is -2.62. The standard InChI is InChI=1S/C38H45NO6/c1-20-30-23(24-19-39-26-15-21(32(42)43)7-8-22(24)26)16-28-36(4,25(30)17-27(40)31(20)41)12-14-38(6)29-18-35(3,33(44)45)10-9-34(29,2)11-13-37(28,38)5/h7-8,15-17,19,23,29,39-41H,9-14,18H2,1-6H3,(H,42,43)(H,44,45)/t23?,29-,34-,35-,36+,37-,38+/m1/s1. The molecule has 0 amide bonds. The monoisotopic (exact) mass is 611 g/mol. The third-order valence-electron chi connectivity index (χ3n) is 13.9. The maximum absolute atomic E-state index is 12.6. The summed E-state index contributed by atoms with van der Waals surface area (Å²) in [5.41, 5.74) is 4.59. The van der Waals surface area contributed by atoms with Crippen molar-refractivity contribution in [2.45, 2.75) is 97.8 Å². The number of phenolic OH excluding ortho intramolecular Hbond substituents is 2. The van der Waals surface area contributed by atoms with E-state index in [0.717, 1.165) is 59.7 Å². The highest BCUT2D eigenvalue weighted by atomic mass is 16.4. The van der Waals surface area contributed by atoms with Crippen LogP contribution in [0.15, 0.2) is 42.1 Å². The number of hydrogen-bond donors (Lipinski definition) is 5. The largest absolute Gasteiger partial charge is 0.504 e. The molecule has 7 heteroatoms. The molecular formula is C38H45NO6. The van der Waals surface area contributed by atoms with Crippen molar-refractivity contribution in [3.8, 4) is 11.5 Å². The molecule has 7 atom stereocenters. The number of phenols is 2. The molecule has 0 bridgehead atoms. The van der Waals surface area contributed by atoms with Crippen LogP contribution in [0.2, 0.25) is 0 Å². The fourth-order valence-electron chi connectivity index (χ4n) is 10.7. The van der Waals surface area contributed by atoms with E-state index in [0.29, 0.717) is 18.4 Å². The van der Waals surface area contributed by atoms with Gasteiger partial charge in [-0.3, -0.25) is 4.79 Å². The number of carbonyl (C=O) groups is 2. The summed E-state index contributed by atoms with van der Waals surface area (Å²) in [7, 11) is 0. The number of carboxylic acids is 2. The summed E-state index contributed by atoms with van der Waals surface area (Å²) < 4.78 is 0. The molecule has 238 valence electrons. The third-order valence-corrected chi connectivity index (χ3v) is 13.9. The zero-order chi connectivity index (χ0) is 32.5. The topological polar surface area (TPSA) is 131 Å². The van der Waals surface area contributed by atoms with Gasteiger partial charge in [0.05, 0.1) is 11.0 Å². The maximum atomic E-state index is 12.6. The number of aromatic hydroxyl groups is 2. The predicted octanol–water partition coefficient (Wildman–Crippen LogP) is 8.41. The third kappa shape index (κ3) is 3.76. The highest BCUT2D eigenvalue weighted by molar-refractivity contribution is 5.95. The maximum Gasteiger partial charge on any atom is 0.335 e. The van der Waals surface area contributed by atoms with Gasteiger partial charge in [-0.1, -0.05) is 45.4 Å². The average molecular weight is 612 g/mol. The lowest BCUT2D eigenvalue weighted by Gasteiger charge is -2.70. The van der Waals surface area contributed by atoms with E-state index in [-0.39, 0.29) is 50.6 Å². The van der Waals surface area contributed by atoms with Crippen LogP contribution in [0.1, 0.15) is 118 Å². The first-order valence-corrected chi connectivity index (χ1v) is 16.4. The number of fused-ring (bicyclic) bond motifs is 8. The second-order valence-electron chi connectivity index (χ2n) is 16.1. The van der Waals surface area contributed by atoms with Crippen LogP contribution in [0.4, 0.5) is 0 Å². The Labute approximate surface area is 264 Å². The van der Waals surface area contributed by atoms with Crippen molar-refractivity contribution < 1.29 is 30.0 Å². The molecule has 45 heavy (non-hydrogen) atoms. The summed E-state index contributed by atoms with van der Waals surface area (Å²) in [5.74, 6) is -1.88. The van der Waals surface area contributed by atoms with Gasteiger partial charge in [0.2, 0.25) is 0 Å². The van der Waals surface area contributed by atoms with Crippen LogP contribution in [-0.2, 0) is 10.2 Å². The number of aromatic nitrogens is 1. The molecule has 7 nitrogen and oxygen atoms in total. The Kier molecular flexibility index (Phi) is 6.10. The van der Waals surface area contributed by atoms with Crippen LogP contribution in [0.25, 0.3) is 10.9 Å². The van der Waals surface area contributed by atoms with Crippen molar-refractivity contribution in [1.29, 1.82) is 0 Å². The molecule has 0 aliphatic heterocycles. The summed E-state index contributed by atoms with van der Waals surface area (Å²) in [5, 5.41) is 42.8. The summed E-state index contributed by atoms with van der Waals surface area (Å²) in [4.78, 5) is 27.6. The van der Waals surface area contributed by atoms with Gasteiger partial charge in [0, 0.05) is 28.4 Å². The van der Waals surface area contributed by atoms with Gasteiger partial charge in [-0.25, -0.2) is 4.79 Å². The number of carboxylic acid groups (broad SMARTS) is 2. The summed E-state index contributed by atoms with van der Waals surface area (Å²) in [6, 6.07) is 6.93. The second-order valence-corrected chi connectivity index (χ2v) is 16.1. The smallest absolute Gasteiger partial charge is 0.335 e. The number of H-pyrrole nitrogens is 1. The Morgan fingerprint density at radius 3 is 2.31 bits per heavy atom. The Hall–Kier alpha value is -3.74.